The van der Waals surface area contributed by atoms with E-state index in [0.29, 0.717) is 5.56 Å². The fourth-order valence-electron chi connectivity index (χ4n) is 1.85. The molecular weight excluding hydrogens is 320 g/mol. The quantitative estimate of drug-likeness (QED) is 0.400. The monoisotopic (exact) mass is 334 g/mol. The van der Waals surface area contributed by atoms with E-state index in [0.717, 1.165) is 0 Å². The largest absolute Gasteiger partial charge is 0.859 e. The van der Waals surface area contributed by atoms with Gasteiger partial charge in [-0.1, -0.05) is 30.3 Å². The van der Waals surface area contributed by atoms with Crippen LogP contribution in [0.5, 0.6) is 0 Å². The molecule has 0 spiro atoms. The Morgan fingerprint density at radius 2 is 1.75 bits per heavy atom. The highest BCUT2D eigenvalue weighted by molar-refractivity contribution is 8.93. The molecule has 1 unspecified atom stereocenters. The lowest BCUT2D eigenvalue weighted by Gasteiger charge is -2.09. The van der Waals surface area contributed by atoms with Gasteiger partial charge in [0.1, 0.15) is 0 Å². The van der Waals surface area contributed by atoms with Crippen molar-refractivity contribution in [2.24, 2.45) is 0 Å². The van der Waals surface area contributed by atoms with Gasteiger partial charge in [0.2, 0.25) is 11.8 Å². The van der Waals surface area contributed by atoms with Crippen molar-refractivity contribution < 1.29 is 14.5 Å². The van der Waals surface area contributed by atoms with Gasteiger partial charge in [0.25, 0.3) is 0 Å². The molecule has 0 aliphatic carbocycles. The summed E-state index contributed by atoms with van der Waals surface area (Å²) in [5.74, 6) is -0.783. The minimum absolute atomic E-state index is 0. The molecule has 20 heavy (non-hydrogen) atoms. The van der Waals surface area contributed by atoms with Crippen LogP contribution in [0.1, 0.15) is 28.9 Å². The summed E-state index contributed by atoms with van der Waals surface area (Å²) < 4.78 is 1.65. The maximum Gasteiger partial charge on any atom is 0.230 e. The van der Waals surface area contributed by atoms with Crippen LogP contribution in [0.15, 0.2) is 54.9 Å². The number of nitrogens with zero attached hydrogens (tertiary/aromatic N) is 1. The third-order valence-corrected chi connectivity index (χ3v) is 2.97. The molecule has 0 saturated carbocycles. The van der Waals surface area contributed by atoms with Crippen molar-refractivity contribution in [2.75, 3.05) is 0 Å². The highest BCUT2D eigenvalue weighted by atomic mass is 79.9. The number of hydrogen-bond acceptors (Lipinski definition) is 3. The number of Topliss-reactive ketones (excluding diaryl/α,β-unsaturated/α-hetero) is 1. The van der Waals surface area contributed by atoms with Gasteiger partial charge in [0.15, 0.2) is 12.4 Å². The molecule has 2 rings (SSSR count). The number of carbonyl (C=O) groups excluding carboxylic acids is 1. The lowest BCUT2D eigenvalue weighted by atomic mass is 10.1. The first-order valence-electron chi connectivity index (χ1n) is 5.95. The van der Waals surface area contributed by atoms with Crippen LogP contribution in [0, 0.1) is 5.41 Å². The fourth-order valence-corrected chi connectivity index (χ4v) is 1.85. The van der Waals surface area contributed by atoms with E-state index in [1.54, 1.807) is 42.0 Å². The number of rotatable bonds is 4. The van der Waals surface area contributed by atoms with E-state index in [-0.39, 0.29) is 28.3 Å². The number of halogens is 1. The number of carbonyl (C=O) groups is 1. The Morgan fingerprint density at radius 3 is 2.35 bits per heavy atom. The van der Waals surface area contributed by atoms with Gasteiger partial charge in [-0.25, -0.2) is 0 Å². The van der Waals surface area contributed by atoms with Crippen LogP contribution in [0.3, 0.4) is 0 Å². The van der Waals surface area contributed by atoms with E-state index in [1.165, 1.54) is 6.20 Å². The fraction of sp³-hybridized carbons (Fsp3) is 0.133. The normalized spacial score (nSPS) is 11.2. The zero-order valence-corrected chi connectivity index (χ0v) is 12.7. The van der Waals surface area contributed by atoms with Gasteiger partial charge in [-0.3, -0.25) is 4.79 Å². The van der Waals surface area contributed by atoms with Crippen LogP contribution in [-0.2, 0) is 0 Å². The molecule has 2 aromatic rings. The summed E-state index contributed by atoms with van der Waals surface area (Å²) in [5, 5.41) is 18.1. The molecule has 0 radical (unpaired) electrons. The van der Waals surface area contributed by atoms with Gasteiger partial charge >= 0.3 is 0 Å². The van der Waals surface area contributed by atoms with Crippen LogP contribution in [0.25, 0.3) is 0 Å². The first-order chi connectivity index (χ1) is 9.09. The van der Waals surface area contributed by atoms with Crippen molar-refractivity contribution in [3.8, 4) is 0 Å². The summed E-state index contributed by atoms with van der Waals surface area (Å²) in [6, 6.07) is 11.8. The molecule has 1 heterocycles. The molecule has 1 atom stereocenters. The summed E-state index contributed by atoms with van der Waals surface area (Å²) in [5.41, 5.74) is 0.903. The van der Waals surface area contributed by atoms with E-state index in [9.17, 15) is 9.90 Å². The first kappa shape index (κ1) is 16.0. The van der Waals surface area contributed by atoms with E-state index in [2.05, 4.69) is 0 Å². The van der Waals surface area contributed by atoms with Crippen LogP contribution < -0.4 is 9.67 Å². The van der Waals surface area contributed by atoms with Gasteiger partial charge in [-0.15, -0.1) is 17.0 Å². The lowest BCUT2D eigenvalue weighted by Crippen LogP contribution is -2.42. The number of benzene rings is 1. The van der Waals surface area contributed by atoms with Crippen LogP contribution in [0.2, 0.25) is 0 Å². The Balaban J connectivity index is 0.00000200. The third-order valence-electron chi connectivity index (χ3n) is 2.97. The average Bonchev–Trinajstić information content (AvgIpc) is 2.46. The predicted octanol–water partition coefficient (Wildman–Crippen LogP) is 1.68. The Morgan fingerprint density at radius 1 is 1.15 bits per heavy atom. The number of aromatic nitrogens is 1. The molecule has 4 nitrogen and oxygen atoms in total. The molecule has 0 fully saturated rings. The second kappa shape index (κ2) is 6.96. The predicted molar refractivity (Wildman–Crippen MR) is 79.3 cm³/mol. The maximum atomic E-state index is 12.3. The third kappa shape index (κ3) is 3.51. The average molecular weight is 335 g/mol. The molecule has 1 N–H and O–H groups in total. The van der Waals surface area contributed by atoms with Gasteiger partial charge in [0, 0.05) is 24.1 Å². The zero-order valence-electron chi connectivity index (χ0n) is 10.9. The topological polar surface area (TPSA) is 67.9 Å². The maximum absolute atomic E-state index is 12.3. The Kier molecular flexibility index (Phi) is 5.58. The second-order valence-corrected chi connectivity index (χ2v) is 4.28. The summed E-state index contributed by atoms with van der Waals surface area (Å²) in [7, 11) is 0. The standard InChI is InChI=1S/C15H14N2O2.BrH/c1-11(14(18)12-6-3-2-4-7-12)17-9-5-8-13(10-17)15(16)19;/h2-11H,1H3,(H-,16,19);1H. The molecule has 1 aromatic heterocycles. The SMILES string of the molecule is Br.CC(C(=O)c1ccccc1)[n+]1cccc(C(=N)[O-])c1. The summed E-state index contributed by atoms with van der Waals surface area (Å²) in [6.45, 7) is 1.77. The van der Waals surface area contributed by atoms with Crippen molar-refractivity contribution in [3.63, 3.8) is 0 Å². The summed E-state index contributed by atoms with van der Waals surface area (Å²) in [6.07, 6.45) is 3.25. The summed E-state index contributed by atoms with van der Waals surface area (Å²) in [4.78, 5) is 12.3. The number of pyridine rings is 1. The van der Waals surface area contributed by atoms with Gasteiger partial charge in [0.05, 0.1) is 0 Å². The van der Waals surface area contributed by atoms with Crippen molar-refractivity contribution in [2.45, 2.75) is 13.0 Å². The molecule has 0 saturated heterocycles. The van der Waals surface area contributed by atoms with E-state index < -0.39 is 11.9 Å². The van der Waals surface area contributed by atoms with Gasteiger partial charge < -0.3 is 10.5 Å². The molecule has 0 bridgehead atoms. The van der Waals surface area contributed by atoms with Gasteiger partial charge in [-0.05, 0) is 12.0 Å². The smallest absolute Gasteiger partial charge is 0.230 e. The minimum atomic E-state index is -0.756. The first-order valence-corrected chi connectivity index (χ1v) is 5.95. The number of ketones is 1. The molecule has 0 aliphatic heterocycles. The van der Waals surface area contributed by atoms with Crippen molar-refractivity contribution >= 4 is 28.7 Å². The highest BCUT2D eigenvalue weighted by Gasteiger charge is 2.23. The molecule has 104 valence electrons. The van der Waals surface area contributed by atoms with E-state index in [4.69, 9.17) is 5.41 Å². The van der Waals surface area contributed by atoms with E-state index in [1.807, 2.05) is 18.2 Å². The van der Waals surface area contributed by atoms with Crippen molar-refractivity contribution in [1.29, 1.82) is 5.41 Å². The number of hydrogen-bond donors (Lipinski definition) is 1. The van der Waals surface area contributed by atoms with Crippen molar-refractivity contribution in [1.82, 2.24) is 0 Å². The Bertz CT molecular complexity index is 614. The van der Waals surface area contributed by atoms with Crippen LogP contribution in [0.4, 0.5) is 0 Å². The summed E-state index contributed by atoms with van der Waals surface area (Å²) >= 11 is 0. The zero-order chi connectivity index (χ0) is 13.8. The molecular formula is C15H15BrN2O2. The van der Waals surface area contributed by atoms with Gasteiger partial charge in [-0.2, -0.15) is 4.57 Å². The number of nitrogens with one attached hydrogen (secondary N) is 1. The van der Waals surface area contributed by atoms with Crippen molar-refractivity contribution in [3.05, 3.63) is 66.0 Å². The molecule has 0 aliphatic rings. The lowest BCUT2D eigenvalue weighted by molar-refractivity contribution is -0.704. The highest BCUT2D eigenvalue weighted by Crippen LogP contribution is 2.08. The Hall–Kier alpha value is -2.01. The molecule has 5 heteroatoms. The van der Waals surface area contributed by atoms with E-state index >= 15 is 0 Å². The van der Waals surface area contributed by atoms with Crippen LogP contribution in [-0.4, -0.2) is 11.7 Å². The molecule has 1 aromatic carbocycles. The minimum Gasteiger partial charge on any atom is -0.859 e. The molecule has 0 amide bonds. The second-order valence-electron chi connectivity index (χ2n) is 4.28. The Labute approximate surface area is 128 Å². The van der Waals surface area contributed by atoms with Crippen LogP contribution >= 0.6 is 17.0 Å².